The van der Waals surface area contributed by atoms with Crippen LogP contribution in [0.2, 0.25) is 0 Å². The van der Waals surface area contributed by atoms with Gasteiger partial charge in [-0.1, -0.05) is 37.6 Å². The first kappa shape index (κ1) is 11.8. The fourth-order valence-corrected chi connectivity index (χ4v) is 1.54. The smallest absolute Gasteiger partial charge is 0.310 e. The molecule has 15 heavy (non-hydrogen) atoms. The Labute approximate surface area is 90.9 Å². The molecule has 0 aliphatic rings. The number of aryl methyl sites for hydroxylation is 1. The highest BCUT2D eigenvalue weighted by Crippen LogP contribution is 2.17. The topological polar surface area (TPSA) is 37.3 Å². The summed E-state index contributed by atoms with van der Waals surface area (Å²) in [5.41, 5.74) is 2.14. The molecule has 1 N–H and O–H groups in total. The second-order valence-corrected chi connectivity index (χ2v) is 3.91. The summed E-state index contributed by atoms with van der Waals surface area (Å²) in [7, 11) is 0. The molecule has 1 aromatic rings. The number of carboxylic acid groups (broad SMARTS) is 1. The van der Waals surface area contributed by atoms with Gasteiger partial charge in [0, 0.05) is 0 Å². The van der Waals surface area contributed by atoms with Crippen molar-refractivity contribution in [2.75, 3.05) is 0 Å². The van der Waals surface area contributed by atoms with Crippen LogP contribution in [0, 0.1) is 0 Å². The zero-order valence-corrected chi connectivity index (χ0v) is 9.36. The molecular weight excluding hydrogens is 188 g/mol. The van der Waals surface area contributed by atoms with Crippen molar-refractivity contribution in [2.24, 2.45) is 0 Å². The average Bonchev–Trinajstić information content (AvgIpc) is 2.25. The highest BCUT2D eigenvalue weighted by molar-refractivity contribution is 5.75. The van der Waals surface area contributed by atoms with Crippen LogP contribution in [0.25, 0.3) is 0 Å². The van der Waals surface area contributed by atoms with Gasteiger partial charge in [0.1, 0.15) is 0 Å². The van der Waals surface area contributed by atoms with Crippen LogP contribution in [0.5, 0.6) is 0 Å². The standard InChI is InChI=1S/C13H18O2/c1-3-4-6-11-7-5-8-12(9-11)10(2)13(14)15/h5,7-10H,3-4,6H2,1-2H3,(H,14,15)/t10-/m0/s1. The molecule has 0 aliphatic carbocycles. The molecule has 0 unspecified atom stereocenters. The van der Waals surface area contributed by atoms with E-state index in [1.165, 1.54) is 12.0 Å². The van der Waals surface area contributed by atoms with Gasteiger partial charge in [0.05, 0.1) is 5.92 Å². The lowest BCUT2D eigenvalue weighted by molar-refractivity contribution is -0.138. The normalized spacial score (nSPS) is 12.4. The van der Waals surface area contributed by atoms with E-state index in [0.29, 0.717) is 0 Å². The Balaban J connectivity index is 2.77. The molecule has 82 valence electrons. The minimum absolute atomic E-state index is 0.411. The van der Waals surface area contributed by atoms with Crippen molar-refractivity contribution in [3.63, 3.8) is 0 Å². The zero-order chi connectivity index (χ0) is 11.3. The zero-order valence-electron chi connectivity index (χ0n) is 9.36. The molecule has 0 aliphatic heterocycles. The molecule has 2 heteroatoms. The highest BCUT2D eigenvalue weighted by Gasteiger charge is 2.13. The monoisotopic (exact) mass is 206 g/mol. The van der Waals surface area contributed by atoms with Gasteiger partial charge in [-0.3, -0.25) is 4.79 Å². The van der Waals surface area contributed by atoms with Crippen LogP contribution in [-0.4, -0.2) is 11.1 Å². The van der Waals surface area contributed by atoms with Crippen LogP contribution in [0.1, 0.15) is 43.7 Å². The summed E-state index contributed by atoms with van der Waals surface area (Å²) < 4.78 is 0. The number of rotatable bonds is 5. The third-order valence-electron chi connectivity index (χ3n) is 2.64. The van der Waals surface area contributed by atoms with Gasteiger partial charge in [0.25, 0.3) is 0 Å². The van der Waals surface area contributed by atoms with Crippen molar-refractivity contribution in [3.8, 4) is 0 Å². The first-order valence-electron chi connectivity index (χ1n) is 5.46. The molecule has 0 saturated carbocycles. The average molecular weight is 206 g/mol. The number of unbranched alkanes of at least 4 members (excludes halogenated alkanes) is 1. The Hall–Kier alpha value is -1.31. The molecule has 1 aromatic carbocycles. The van der Waals surface area contributed by atoms with E-state index in [9.17, 15) is 4.79 Å². The molecule has 0 spiro atoms. The summed E-state index contributed by atoms with van der Waals surface area (Å²) in [4.78, 5) is 10.8. The second-order valence-electron chi connectivity index (χ2n) is 3.91. The lowest BCUT2D eigenvalue weighted by Crippen LogP contribution is -2.07. The lowest BCUT2D eigenvalue weighted by Gasteiger charge is -2.08. The maximum Gasteiger partial charge on any atom is 0.310 e. The predicted molar refractivity (Wildman–Crippen MR) is 61.1 cm³/mol. The van der Waals surface area contributed by atoms with Crippen molar-refractivity contribution in [1.29, 1.82) is 0 Å². The highest BCUT2D eigenvalue weighted by atomic mass is 16.4. The number of carboxylic acids is 1. The summed E-state index contributed by atoms with van der Waals surface area (Å²) in [5, 5.41) is 8.90. The van der Waals surface area contributed by atoms with Gasteiger partial charge in [-0.05, 0) is 30.9 Å². The summed E-state index contributed by atoms with van der Waals surface area (Å²) in [6.07, 6.45) is 3.36. The Morgan fingerprint density at radius 3 is 2.80 bits per heavy atom. The van der Waals surface area contributed by atoms with E-state index in [-0.39, 0.29) is 0 Å². The molecule has 0 aromatic heterocycles. The van der Waals surface area contributed by atoms with Crippen LogP contribution >= 0.6 is 0 Å². The molecule has 1 rings (SSSR count). The second kappa shape index (κ2) is 5.54. The summed E-state index contributed by atoms with van der Waals surface area (Å²) in [6, 6.07) is 7.90. The Bertz CT molecular complexity index is 331. The Morgan fingerprint density at radius 1 is 1.47 bits per heavy atom. The van der Waals surface area contributed by atoms with Gasteiger partial charge < -0.3 is 5.11 Å². The van der Waals surface area contributed by atoms with Crippen LogP contribution in [0.4, 0.5) is 0 Å². The number of hydrogen-bond acceptors (Lipinski definition) is 1. The number of carbonyl (C=O) groups is 1. The molecule has 0 heterocycles. The Kier molecular flexibility index (Phi) is 4.35. The Morgan fingerprint density at radius 2 is 2.20 bits per heavy atom. The molecule has 0 bridgehead atoms. The fraction of sp³-hybridized carbons (Fsp3) is 0.462. The van der Waals surface area contributed by atoms with Gasteiger partial charge >= 0.3 is 5.97 Å². The minimum Gasteiger partial charge on any atom is -0.481 e. The van der Waals surface area contributed by atoms with E-state index in [1.807, 2.05) is 18.2 Å². The fourth-order valence-electron chi connectivity index (χ4n) is 1.54. The van der Waals surface area contributed by atoms with Crippen molar-refractivity contribution in [2.45, 2.75) is 39.0 Å². The summed E-state index contributed by atoms with van der Waals surface area (Å²) in [6.45, 7) is 3.88. The maximum atomic E-state index is 10.8. The molecule has 2 nitrogen and oxygen atoms in total. The number of aliphatic carboxylic acids is 1. The van der Waals surface area contributed by atoms with Crippen LogP contribution < -0.4 is 0 Å². The molecule has 0 radical (unpaired) electrons. The van der Waals surface area contributed by atoms with Gasteiger partial charge in [-0.15, -0.1) is 0 Å². The summed E-state index contributed by atoms with van der Waals surface area (Å²) >= 11 is 0. The maximum absolute atomic E-state index is 10.8. The SMILES string of the molecule is CCCCc1cccc([C@H](C)C(=O)O)c1. The van der Waals surface area contributed by atoms with Crippen molar-refractivity contribution < 1.29 is 9.90 Å². The van der Waals surface area contributed by atoms with Gasteiger partial charge in [-0.25, -0.2) is 0 Å². The van der Waals surface area contributed by atoms with E-state index in [0.717, 1.165) is 18.4 Å². The largest absolute Gasteiger partial charge is 0.481 e. The minimum atomic E-state index is -0.761. The molecule has 1 atom stereocenters. The van der Waals surface area contributed by atoms with Crippen LogP contribution in [0.15, 0.2) is 24.3 Å². The molecule has 0 amide bonds. The summed E-state index contributed by atoms with van der Waals surface area (Å²) in [5.74, 6) is -1.17. The third-order valence-corrected chi connectivity index (χ3v) is 2.64. The number of benzene rings is 1. The van der Waals surface area contributed by atoms with Crippen molar-refractivity contribution in [1.82, 2.24) is 0 Å². The molecule has 0 saturated heterocycles. The van der Waals surface area contributed by atoms with E-state index < -0.39 is 11.9 Å². The van der Waals surface area contributed by atoms with Gasteiger partial charge in [-0.2, -0.15) is 0 Å². The molecule has 0 fully saturated rings. The lowest BCUT2D eigenvalue weighted by atomic mass is 9.97. The van der Waals surface area contributed by atoms with Gasteiger partial charge in [0.15, 0.2) is 0 Å². The molecular formula is C13H18O2. The number of hydrogen-bond donors (Lipinski definition) is 1. The van der Waals surface area contributed by atoms with E-state index in [4.69, 9.17) is 5.11 Å². The quantitative estimate of drug-likeness (QED) is 0.803. The van der Waals surface area contributed by atoms with E-state index >= 15 is 0 Å². The van der Waals surface area contributed by atoms with Crippen molar-refractivity contribution >= 4 is 5.97 Å². The first-order chi connectivity index (χ1) is 7.15. The van der Waals surface area contributed by atoms with E-state index in [1.54, 1.807) is 6.92 Å². The predicted octanol–water partition coefficient (Wildman–Crippen LogP) is 3.22. The third kappa shape index (κ3) is 3.39. The van der Waals surface area contributed by atoms with Crippen LogP contribution in [-0.2, 0) is 11.2 Å². The van der Waals surface area contributed by atoms with Crippen molar-refractivity contribution in [3.05, 3.63) is 35.4 Å². The first-order valence-corrected chi connectivity index (χ1v) is 5.46. The van der Waals surface area contributed by atoms with E-state index in [2.05, 4.69) is 13.0 Å². The van der Waals surface area contributed by atoms with Gasteiger partial charge in [0.2, 0.25) is 0 Å². The van der Waals surface area contributed by atoms with Crippen LogP contribution in [0.3, 0.4) is 0 Å².